The molecule has 0 spiro atoms. The number of rotatable bonds is 3. The highest BCUT2D eigenvalue weighted by Gasteiger charge is 2.19. The second-order valence-corrected chi connectivity index (χ2v) is 3.44. The number of aliphatic hydroxyl groups is 1. The third-order valence-corrected chi connectivity index (χ3v) is 2.21. The lowest BCUT2D eigenvalue weighted by atomic mass is 10.2. The molecule has 1 aliphatic heterocycles. The van der Waals surface area contributed by atoms with Crippen LogP contribution in [-0.4, -0.2) is 48.8 Å². The molecule has 1 rings (SSSR count). The molecule has 11 heavy (non-hydrogen) atoms. The minimum absolute atomic E-state index is 0.208. The first-order valence-corrected chi connectivity index (χ1v) is 4.29. The Kier molecular flexibility index (Phi) is 3.30. The van der Waals surface area contributed by atoms with Crippen molar-refractivity contribution in [2.45, 2.75) is 25.5 Å². The number of aliphatic hydroxyl groups excluding tert-OH is 1. The van der Waals surface area contributed by atoms with Crippen molar-refractivity contribution >= 4 is 0 Å². The highest BCUT2D eigenvalue weighted by molar-refractivity contribution is 4.79. The van der Waals surface area contributed by atoms with Crippen molar-refractivity contribution in [1.29, 1.82) is 0 Å². The Hall–Kier alpha value is -0.120. The Morgan fingerprint density at radius 1 is 1.73 bits per heavy atom. The van der Waals surface area contributed by atoms with Crippen molar-refractivity contribution in [3.8, 4) is 0 Å². The van der Waals surface area contributed by atoms with Crippen LogP contribution in [0.2, 0.25) is 0 Å². The van der Waals surface area contributed by atoms with E-state index >= 15 is 0 Å². The van der Waals surface area contributed by atoms with Gasteiger partial charge in [-0.05, 0) is 26.9 Å². The first kappa shape index (κ1) is 8.97. The van der Waals surface area contributed by atoms with Crippen molar-refractivity contribution in [2.24, 2.45) is 0 Å². The van der Waals surface area contributed by atoms with Gasteiger partial charge in [-0.15, -0.1) is 0 Å². The molecular formula is C8H18N2O. The summed E-state index contributed by atoms with van der Waals surface area (Å²) in [4.78, 5) is 2.23. The first-order valence-electron chi connectivity index (χ1n) is 4.29. The molecule has 1 heterocycles. The Morgan fingerprint density at radius 3 is 2.91 bits per heavy atom. The molecule has 0 aromatic carbocycles. The van der Waals surface area contributed by atoms with E-state index in [1.807, 2.05) is 6.92 Å². The topological polar surface area (TPSA) is 35.5 Å². The van der Waals surface area contributed by atoms with Crippen LogP contribution in [0.3, 0.4) is 0 Å². The fraction of sp³-hybridized carbons (Fsp3) is 1.00. The molecule has 0 aliphatic carbocycles. The molecule has 1 aliphatic rings. The normalized spacial score (nSPS) is 27.8. The first-order chi connectivity index (χ1) is 5.20. The molecule has 0 aromatic rings. The number of likely N-dealkylation sites (N-methyl/N-ethyl adjacent to an activating group) is 1. The average molecular weight is 158 g/mol. The van der Waals surface area contributed by atoms with E-state index in [0.29, 0.717) is 6.04 Å². The van der Waals surface area contributed by atoms with Gasteiger partial charge >= 0.3 is 0 Å². The van der Waals surface area contributed by atoms with E-state index in [0.717, 1.165) is 19.6 Å². The van der Waals surface area contributed by atoms with Crippen LogP contribution in [0.1, 0.15) is 13.3 Å². The van der Waals surface area contributed by atoms with Crippen LogP contribution in [0.5, 0.6) is 0 Å². The maximum absolute atomic E-state index is 9.12. The molecule has 0 aromatic heterocycles. The molecular weight excluding hydrogens is 140 g/mol. The number of hydrogen-bond donors (Lipinski definition) is 2. The highest BCUT2D eigenvalue weighted by Crippen LogP contribution is 2.05. The van der Waals surface area contributed by atoms with Gasteiger partial charge in [0.05, 0.1) is 6.10 Å². The molecule has 0 radical (unpaired) electrons. The van der Waals surface area contributed by atoms with Crippen molar-refractivity contribution in [2.75, 3.05) is 26.7 Å². The molecule has 1 unspecified atom stereocenters. The zero-order valence-corrected chi connectivity index (χ0v) is 7.38. The largest absolute Gasteiger partial charge is 0.392 e. The van der Waals surface area contributed by atoms with Gasteiger partial charge in [-0.3, -0.25) is 4.90 Å². The predicted molar refractivity (Wildman–Crippen MR) is 45.6 cm³/mol. The maximum atomic E-state index is 9.12. The van der Waals surface area contributed by atoms with Crippen LogP contribution in [0.15, 0.2) is 0 Å². The van der Waals surface area contributed by atoms with Crippen LogP contribution in [-0.2, 0) is 0 Å². The zero-order chi connectivity index (χ0) is 8.27. The van der Waals surface area contributed by atoms with E-state index in [1.165, 1.54) is 6.42 Å². The maximum Gasteiger partial charge on any atom is 0.0639 e. The van der Waals surface area contributed by atoms with Gasteiger partial charge in [-0.1, -0.05) is 0 Å². The Labute approximate surface area is 68.4 Å². The standard InChI is InChI=1S/C8H18N2O/c1-7(11)6-10(2)8-3-4-9-5-8/h7-9,11H,3-6H2,1-2H3/t7-,8?/m0/s1. The van der Waals surface area contributed by atoms with Gasteiger partial charge in [0.2, 0.25) is 0 Å². The van der Waals surface area contributed by atoms with Crippen LogP contribution < -0.4 is 5.32 Å². The van der Waals surface area contributed by atoms with Crippen LogP contribution in [0.25, 0.3) is 0 Å². The van der Waals surface area contributed by atoms with E-state index in [4.69, 9.17) is 5.11 Å². The predicted octanol–water partition coefficient (Wildman–Crippen LogP) is -0.339. The highest BCUT2D eigenvalue weighted by atomic mass is 16.3. The molecule has 0 bridgehead atoms. The summed E-state index contributed by atoms with van der Waals surface area (Å²) in [7, 11) is 2.07. The summed E-state index contributed by atoms with van der Waals surface area (Å²) in [6.07, 6.45) is 1.00. The van der Waals surface area contributed by atoms with Gasteiger partial charge in [0.1, 0.15) is 0 Å². The fourth-order valence-electron chi connectivity index (χ4n) is 1.58. The third kappa shape index (κ3) is 2.77. The van der Waals surface area contributed by atoms with Crippen LogP contribution >= 0.6 is 0 Å². The third-order valence-electron chi connectivity index (χ3n) is 2.21. The molecule has 2 atom stereocenters. The van der Waals surface area contributed by atoms with Gasteiger partial charge in [-0.2, -0.15) is 0 Å². The molecule has 0 saturated carbocycles. The zero-order valence-electron chi connectivity index (χ0n) is 7.38. The van der Waals surface area contributed by atoms with E-state index in [1.54, 1.807) is 0 Å². The van der Waals surface area contributed by atoms with Crippen molar-refractivity contribution in [1.82, 2.24) is 10.2 Å². The van der Waals surface area contributed by atoms with E-state index < -0.39 is 0 Å². The molecule has 66 valence electrons. The molecule has 0 amide bonds. The molecule has 3 nitrogen and oxygen atoms in total. The summed E-state index contributed by atoms with van der Waals surface area (Å²) < 4.78 is 0. The van der Waals surface area contributed by atoms with Gasteiger partial charge in [0, 0.05) is 19.1 Å². The minimum atomic E-state index is -0.208. The van der Waals surface area contributed by atoms with Crippen molar-refractivity contribution in [3.05, 3.63) is 0 Å². The summed E-state index contributed by atoms with van der Waals surface area (Å²) in [6, 6.07) is 0.629. The summed E-state index contributed by atoms with van der Waals surface area (Å²) in [5.74, 6) is 0. The van der Waals surface area contributed by atoms with Gasteiger partial charge in [-0.25, -0.2) is 0 Å². The number of nitrogens with one attached hydrogen (secondary N) is 1. The van der Waals surface area contributed by atoms with E-state index in [9.17, 15) is 0 Å². The number of nitrogens with zero attached hydrogens (tertiary/aromatic N) is 1. The van der Waals surface area contributed by atoms with Crippen LogP contribution in [0.4, 0.5) is 0 Å². The Morgan fingerprint density at radius 2 is 2.45 bits per heavy atom. The SMILES string of the molecule is C[C@H](O)CN(C)C1CCNC1. The van der Waals surface area contributed by atoms with Gasteiger partial charge in [0.25, 0.3) is 0 Å². The average Bonchev–Trinajstić information content (AvgIpc) is 2.35. The second kappa shape index (κ2) is 4.04. The lowest BCUT2D eigenvalue weighted by Crippen LogP contribution is -2.37. The summed E-state index contributed by atoms with van der Waals surface area (Å²) in [5.41, 5.74) is 0. The smallest absolute Gasteiger partial charge is 0.0639 e. The van der Waals surface area contributed by atoms with Crippen LogP contribution in [0, 0.1) is 0 Å². The monoisotopic (exact) mass is 158 g/mol. The Bertz CT molecular complexity index is 111. The quantitative estimate of drug-likeness (QED) is 0.590. The lowest BCUT2D eigenvalue weighted by molar-refractivity contribution is 0.122. The van der Waals surface area contributed by atoms with Crippen molar-refractivity contribution in [3.63, 3.8) is 0 Å². The summed E-state index contributed by atoms with van der Waals surface area (Å²) in [6.45, 7) is 4.81. The lowest BCUT2D eigenvalue weighted by Gasteiger charge is -2.24. The summed E-state index contributed by atoms with van der Waals surface area (Å²) >= 11 is 0. The molecule has 1 fully saturated rings. The molecule has 3 heteroatoms. The minimum Gasteiger partial charge on any atom is -0.392 e. The molecule has 1 saturated heterocycles. The second-order valence-electron chi connectivity index (χ2n) is 3.44. The van der Waals surface area contributed by atoms with Gasteiger partial charge in [0.15, 0.2) is 0 Å². The van der Waals surface area contributed by atoms with E-state index in [2.05, 4.69) is 17.3 Å². The number of hydrogen-bond acceptors (Lipinski definition) is 3. The van der Waals surface area contributed by atoms with Crippen molar-refractivity contribution < 1.29 is 5.11 Å². The molecule has 2 N–H and O–H groups in total. The van der Waals surface area contributed by atoms with Gasteiger partial charge < -0.3 is 10.4 Å². The fourth-order valence-corrected chi connectivity index (χ4v) is 1.58. The Balaban J connectivity index is 2.22. The van der Waals surface area contributed by atoms with E-state index in [-0.39, 0.29) is 6.10 Å². The summed E-state index contributed by atoms with van der Waals surface area (Å²) in [5, 5.41) is 12.4.